The first-order valence-electron chi connectivity index (χ1n) is 9.68. The zero-order valence-electron chi connectivity index (χ0n) is 16.6. The van der Waals surface area contributed by atoms with Crippen molar-refractivity contribution < 1.29 is 4.79 Å². The fraction of sp³-hybridized carbons (Fsp3) is 0.0833. The quantitative estimate of drug-likeness (QED) is 0.460. The van der Waals surface area contributed by atoms with Gasteiger partial charge in [0.1, 0.15) is 12.4 Å². The number of aromatic nitrogens is 3. The lowest BCUT2D eigenvalue weighted by Gasteiger charge is -2.22. The van der Waals surface area contributed by atoms with E-state index in [0.29, 0.717) is 23.1 Å². The van der Waals surface area contributed by atoms with Crippen LogP contribution in [0.2, 0.25) is 5.02 Å². The summed E-state index contributed by atoms with van der Waals surface area (Å²) >= 11 is 5.92. The molecule has 0 N–H and O–H groups in total. The molecule has 0 aliphatic heterocycles. The van der Waals surface area contributed by atoms with Crippen LogP contribution in [0.3, 0.4) is 0 Å². The van der Waals surface area contributed by atoms with Gasteiger partial charge >= 0.3 is 0 Å². The predicted octanol–water partition coefficient (Wildman–Crippen LogP) is 4.19. The van der Waals surface area contributed by atoms with Crippen LogP contribution in [0.5, 0.6) is 0 Å². The third kappa shape index (κ3) is 5.05. The Morgan fingerprint density at radius 2 is 1.68 bits per heavy atom. The molecule has 0 atom stereocenters. The van der Waals surface area contributed by atoms with E-state index in [-0.39, 0.29) is 18.0 Å². The summed E-state index contributed by atoms with van der Waals surface area (Å²) in [5, 5.41) is 0.607. The van der Waals surface area contributed by atoms with Crippen molar-refractivity contribution >= 4 is 23.3 Å². The molecule has 0 spiro atoms. The third-order valence-electron chi connectivity index (χ3n) is 4.74. The lowest BCUT2D eigenvalue weighted by atomic mass is 10.1. The fourth-order valence-electron chi connectivity index (χ4n) is 3.13. The fourth-order valence-corrected chi connectivity index (χ4v) is 3.26. The van der Waals surface area contributed by atoms with Crippen molar-refractivity contribution in [3.63, 3.8) is 0 Å². The molecular weight excluding hydrogens is 412 g/mol. The van der Waals surface area contributed by atoms with Crippen LogP contribution in [0.1, 0.15) is 5.56 Å². The Hall–Kier alpha value is -3.77. The molecule has 0 aliphatic rings. The van der Waals surface area contributed by atoms with Crippen LogP contribution in [0.25, 0.3) is 11.3 Å². The van der Waals surface area contributed by atoms with Crippen LogP contribution >= 0.6 is 11.6 Å². The molecular formula is C24H19ClN4O2. The second kappa shape index (κ2) is 9.36. The Balaban J connectivity index is 1.58. The molecule has 0 radical (unpaired) electrons. The number of anilines is 1. The normalized spacial score (nSPS) is 10.6. The van der Waals surface area contributed by atoms with Gasteiger partial charge < -0.3 is 0 Å². The minimum atomic E-state index is -0.311. The summed E-state index contributed by atoms with van der Waals surface area (Å²) in [4.78, 5) is 36.0. The van der Waals surface area contributed by atoms with Crippen molar-refractivity contribution in [2.45, 2.75) is 13.1 Å². The summed E-state index contributed by atoms with van der Waals surface area (Å²) in [5.74, 6) is 0.265. The third-order valence-corrected chi connectivity index (χ3v) is 4.99. The van der Waals surface area contributed by atoms with Crippen LogP contribution in [-0.2, 0) is 17.9 Å². The number of nitrogens with zero attached hydrogens (tertiary/aromatic N) is 4. The molecule has 7 heteroatoms. The zero-order valence-corrected chi connectivity index (χ0v) is 17.3. The Labute approximate surface area is 184 Å². The monoisotopic (exact) mass is 430 g/mol. The number of halogens is 1. The Morgan fingerprint density at radius 1 is 0.935 bits per heavy atom. The second-order valence-corrected chi connectivity index (χ2v) is 7.34. The van der Waals surface area contributed by atoms with E-state index in [1.807, 2.05) is 36.4 Å². The molecule has 0 bridgehead atoms. The van der Waals surface area contributed by atoms with Crippen molar-refractivity contribution in [1.29, 1.82) is 0 Å². The molecule has 2 aromatic heterocycles. The highest BCUT2D eigenvalue weighted by Gasteiger charge is 2.18. The number of hydrogen-bond acceptors (Lipinski definition) is 4. The standard InChI is InChI=1S/C24H19ClN4O2/c25-20-11-9-19(10-12-20)21-14-23(30)28(17-27-21)16-24(31)29(22-8-4-5-13-26-22)15-18-6-2-1-3-7-18/h1-14,17H,15-16H2. The lowest BCUT2D eigenvalue weighted by molar-refractivity contribution is -0.119. The first-order chi connectivity index (χ1) is 15.1. The molecule has 0 aliphatic carbocycles. The second-order valence-electron chi connectivity index (χ2n) is 6.90. The SMILES string of the molecule is O=C(Cn1cnc(-c2ccc(Cl)cc2)cc1=O)N(Cc1ccccc1)c1ccccn1. The molecule has 0 saturated heterocycles. The Morgan fingerprint density at radius 3 is 2.35 bits per heavy atom. The van der Waals surface area contributed by atoms with E-state index in [2.05, 4.69) is 9.97 Å². The van der Waals surface area contributed by atoms with Gasteiger partial charge in [0, 0.05) is 22.8 Å². The minimum absolute atomic E-state index is 0.143. The summed E-state index contributed by atoms with van der Waals surface area (Å²) in [6.45, 7) is 0.206. The van der Waals surface area contributed by atoms with Gasteiger partial charge in [0.2, 0.25) is 5.91 Å². The van der Waals surface area contributed by atoms with Gasteiger partial charge in [0.15, 0.2) is 0 Å². The molecule has 4 aromatic rings. The largest absolute Gasteiger partial charge is 0.291 e. The van der Waals surface area contributed by atoms with Crippen LogP contribution in [0.15, 0.2) is 96.2 Å². The highest BCUT2D eigenvalue weighted by atomic mass is 35.5. The van der Waals surface area contributed by atoms with E-state index < -0.39 is 0 Å². The van der Waals surface area contributed by atoms with Crippen LogP contribution in [0.4, 0.5) is 5.82 Å². The molecule has 0 fully saturated rings. The topological polar surface area (TPSA) is 68.1 Å². The van der Waals surface area contributed by atoms with Gasteiger partial charge in [-0.15, -0.1) is 0 Å². The number of hydrogen-bond donors (Lipinski definition) is 0. The lowest BCUT2D eigenvalue weighted by Crippen LogP contribution is -2.36. The number of pyridine rings is 1. The highest BCUT2D eigenvalue weighted by Crippen LogP contribution is 2.18. The van der Waals surface area contributed by atoms with E-state index in [9.17, 15) is 9.59 Å². The van der Waals surface area contributed by atoms with Crippen LogP contribution < -0.4 is 10.5 Å². The van der Waals surface area contributed by atoms with Gasteiger partial charge in [0.05, 0.1) is 18.6 Å². The van der Waals surface area contributed by atoms with Crippen molar-refractivity contribution in [3.8, 4) is 11.3 Å². The smallest absolute Gasteiger partial charge is 0.254 e. The van der Waals surface area contributed by atoms with E-state index >= 15 is 0 Å². The average Bonchev–Trinajstić information content (AvgIpc) is 2.80. The predicted molar refractivity (Wildman–Crippen MR) is 121 cm³/mol. The van der Waals surface area contributed by atoms with E-state index in [1.54, 1.807) is 47.5 Å². The number of benzene rings is 2. The molecule has 154 valence electrons. The van der Waals surface area contributed by atoms with Gasteiger partial charge in [-0.2, -0.15) is 0 Å². The van der Waals surface area contributed by atoms with Crippen molar-refractivity contribution in [2.24, 2.45) is 0 Å². The van der Waals surface area contributed by atoms with E-state index in [1.165, 1.54) is 17.0 Å². The molecule has 0 unspecified atom stereocenters. The highest BCUT2D eigenvalue weighted by molar-refractivity contribution is 6.30. The summed E-state index contributed by atoms with van der Waals surface area (Å²) in [6.07, 6.45) is 3.03. The van der Waals surface area contributed by atoms with Crippen LogP contribution in [0, 0.1) is 0 Å². The maximum Gasteiger partial charge on any atom is 0.254 e. The molecule has 4 rings (SSSR count). The van der Waals surface area contributed by atoms with Crippen LogP contribution in [-0.4, -0.2) is 20.4 Å². The van der Waals surface area contributed by atoms with Crippen molar-refractivity contribution in [1.82, 2.24) is 14.5 Å². The number of amides is 1. The summed E-state index contributed by atoms with van der Waals surface area (Å²) in [6, 6.07) is 23.5. The molecule has 2 aromatic carbocycles. The van der Waals surface area contributed by atoms with E-state index in [0.717, 1.165) is 11.1 Å². The number of carbonyl (C=O) groups excluding carboxylic acids is 1. The molecule has 6 nitrogen and oxygen atoms in total. The molecule has 1 amide bonds. The summed E-state index contributed by atoms with van der Waals surface area (Å²) < 4.78 is 1.29. The minimum Gasteiger partial charge on any atom is -0.291 e. The zero-order chi connectivity index (χ0) is 21.6. The van der Waals surface area contributed by atoms with Gasteiger partial charge in [-0.05, 0) is 29.8 Å². The average molecular weight is 431 g/mol. The van der Waals surface area contributed by atoms with E-state index in [4.69, 9.17) is 11.6 Å². The van der Waals surface area contributed by atoms with Gasteiger partial charge in [-0.25, -0.2) is 9.97 Å². The molecule has 2 heterocycles. The summed E-state index contributed by atoms with van der Waals surface area (Å²) in [7, 11) is 0. The Bertz CT molecular complexity index is 1230. The number of rotatable bonds is 6. The first kappa shape index (κ1) is 20.5. The van der Waals surface area contributed by atoms with Crippen molar-refractivity contribution in [3.05, 3.63) is 112 Å². The van der Waals surface area contributed by atoms with Gasteiger partial charge in [-0.3, -0.25) is 19.1 Å². The Kier molecular flexibility index (Phi) is 6.19. The van der Waals surface area contributed by atoms with Gasteiger partial charge in [-0.1, -0.05) is 60.1 Å². The first-order valence-corrected chi connectivity index (χ1v) is 10.1. The van der Waals surface area contributed by atoms with Gasteiger partial charge in [0.25, 0.3) is 5.56 Å². The molecule has 0 saturated carbocycles. The summed E-state index contributed by atoms with van der Waals surface area (Å²) in [5.41, 5.74) is 1.95. The maximum atomic E-state index is 13.1. The molecule has 31 heavy (non-hydrogen) atoms. The number of carbonyl (C=O) groups is 1. The van der Waals surface area contributed by atoms with Crippen molar-refractivity contribution in [2.75, 3.05) is 4.90 Å². The maximum absolute atomic E-state index is 13.1.